The number of nitrogens with zero attached hydrogens (tertiary/aromatic N) is 2. The molecule has 1 aromatic heterocycles. The minimum absolute atomic E-state index is 0.145. The van der Waals surface area contributed by atoms with E-state index in [9.17, 15) is 9.59 Å². The summed E-state index contributed by atoms with van der Waals surface area (Å²) in [4.78, 5) is 24.3. The van der Waals surface area contributed by atoms with Crippen molar-refractivity contribution in [2.75, 3.05) is 12.4 Å². The van der Waals surface area contributed by atoms with Crippen molar-refractivity contribution in [1.82, 2.24) is 15.5 Å². The Labute approximate surface area is 160 Å². The van der Waals surface area contributed by atoms with Gasteiger partial charge in [0.15, 0.2) is 0 Å². The van der Waals surface area contributed by atoms with Crippen LogP contribution >= 0.6 is 11.3 Å². The molecule has 2 aromatic carbocycles. The first kappa shape index (κ1) is 18.5. The monoisotopic (exact) mass is 382 g/mol. The van der Waals surface area contributed by atoms with Crippen LogP contribution in [0.2, 0.25) is 0 Å². The molecule has 3 rings (SSSR count). The van der Waals surface area contributed by atoms with E-state index in [1.807, 2.05) is 42.5 Å². The number of carbonyl (C=O) groups is 2. The maximum Gasteiger partial charge on any atom is 0.286 e. The highest BCUT2D eigenvalue weighted by Gasteiger charge is 2.13. The number of methoxy groups -OCH3 is 1. The fourth-order valence-electron chi connectivity index (χ4n) is 2.33. The first-order valence-electron chi connectivity index (χ1n) is 8.22. The molecule has 0 radical (unpaired) electrons. The lowest BCUT2D eigenvalue weighted by Gasteiger charge is -2.05. The molecule has 0 fully saturated rings. The molecule has 0 aliphatic carbocycles. The first-order valence-corrected chi connectivity index (χ1v) is 9.04. The van der Waals surface area contributed by atoms with Gasteiger partial charge in [-0.3, -0.25) is 9.59 Å². The molecule has 0 saturated carbocycles. The Morgan fingerprint density at radius 2 is 1.89 bits per heavy atom. The molecule has 0 saturated heterocycles. The normalized spacial score (nSPS) is 10.3. The molecular weight excluding hydrogens is 364 g/mol. The van der Waals surface area contributed by atoms with Gasteiger partial charge in [0, 0.05) is 5.69 Å². The van der Waals surface area contributed by atoms with E-state index in [2.05, 4.69) is 20.8 Å². The zero-order valence-corrected chi connectivity index (χ0v) is 15.5. The van der Waals surface area contributed by atoms with Gasteiger partial charge in [-0.2, -0.15) is 0 Å². The number of carbonyl (C=O) groups excluding carboxylic acids is 2. The van der Waals surface area contributed by atoms with Crippen molar-refractivity contribution >= 4 is 28.8 Å². The fourth-order valence-corrected chi connectivity index (χ4v) is 3.00. The lowest BCUT2D eigenvalue weighted by molar-refractivity contribution is -0.120. The quantitative estimate of drug-likeness (QED) is 0.655. The summed E-state index contributed by atoms with van der Waals surface area (Å²) in [6.45, 7) is 0.221. The van der Waals surface area contributed by atoms with E-state index in [0.717, 1.165) is 16.9 Å². The van der Waals surface area contributed by atoms with Crippen molar-refractivity contribution in [3.8, 4) is 5.75 Å². The Kier molecular flexibility index (Phi) is 6.11. The van der Waals surface area contributed by atoms with Crippen LogP contribution in [0.4, 0.5) is 5.69 Å². The SMILES string of the molecule is COc1cccc(CC(=O)NCc2nnc(C(=O)Nc3ccccc3)s2)c1. The third-order valence-corrected chi connectivity index (χ3v) is 4.55. The van der Waals surface area contributed by atoms with Crippen molar-refractivity contribution in [3.63, 3.8) is 0 Å². The van der Waals surface area contributed by atoms with Crippen LogP contribution in [0.5, 0.6) is 5.75 Å². The number of para-hydroxylation sites is 1. The summed E-state index contributed by atoms with van der Waals surface area (Å²) < 4.78 is 5.15. The Bertz CT molecular complexity index is 927. The Hall–Kier alpha value is -3.26. The number of amides is 2. The zero-order valence-electron chi connectivity index (χ0n) is 14.6. The molecule has 2 N–H and O–H groups in total. The second-order valence-corrected chi connectivity index (χ2v) is 6.69. The van der Waals surface area contributed by atoms with Crippen LogP contribution in [0.25, 0.3) is 0 Å². The van der Waals surface area contributed by atoms with Crippen LogP contribution < -0.4 is 15.4 Å². The smallest absolute Gasteiger partial charge is 0.286 e. The van der Waals surface area contributed by atoms with Crippen LogP contribution in [0, 0.1) is 0 Å². The Morgan fingerprint density at radius 3 is 2.67 bits per heavy atom. The Balaban J connectivity index is 1.51. The molecule has 0 spiro atoms. The van der Waals surface area contributed by atoms with Crippen LogP contribution in [-0.4, -0.2) is 29.1 Å². The molecule has 8 heteroatoms. The van der Waals surface area contributed by atoms with E-state index in [1.54, 1.807) is 19.2 Å². The molecule has 0 atom stereocenters. The van der Waals surface area contributed by atoms with Crippen molar-refractivity contribution in [2.45, 2.75) is 13.0 Å². The van der Waals surface area contributed by atoms with Gasteiger partial charge in [-0.05, 0) is 29.8 Å². The van der Waals surface area contributed by atoms with E-state index in [-0.39, 0.29) is 29.8 Å². The van der Waals surface area contributed by atoms with Gasteiger partial charge in [0.1, 0.15) is 10.8 Å². The average Bonchev–Trinajstić information content (AvgIpc) is 3.17. The van der Waals surface area contributed by atoms with Crippen molar-refractivity contribution in [3.05, 3.63) is 70.2 Å². The largest absolute Gasteiger partial charge is 0.497 e. The second kappa shape index (κ2) is 8.91. The van der Waals surface area contributed by atoms with Gasteiger partial charge in [-0.25, -0.2) is 0 Å². The number of aromatic nitrogens is 2. The van der Waals surface area contributed by atoms with Crippen molar-refractivity contribution in [1.29, 1.82) is 0 Å². The van der Waals surface area contributed by atoms with Gasteiger partial charge in [0.2, 0.25) is 10.9 Å². The minimum atomic E-state index is -0.326. The number of benzene rings is 2. The van der Waals surface area contributed by atoms with E-state index < -0.39 is 0 Å². The number of anilines is 1. The minimum Gasteiger partial charge on any atom is -0.497 e. The van der Waals surface area contributed by atoms with E-state index in [1.165, 1.54) is 0 Å². The van der Waals surface area contributed by atoms with Crippen LogP contribution in [-0.2, 0) is 17.8 Å². The molecule has 0 unspecified atom stereocenters. The van der Waals surface area contributed by atoms with Gasteiger partial charge in [0.25, 0.3) is 5.91 Å². The molecule has 0 aliphatic heterocycles. The molecule has 1 heterocycles. The molecular formula is C19H18N4O3S. The van der Waals surface area contributed by atoms with Crippen molar-refractivity contribution in [2.24, 2.45) is 0 Å². The highest BCUT2D eigenvalue weighted by molar-refractivity contribution is 7.13. The highest BCUT2D eigenvalue weighted by Crippen LogP contribution is 2.14. The summed E-state index contributed by atoms with van der Waals surface area (Å²) in [5.41, 5.74) is 1.54. The summed E-state index contributed by atoms with van der Waals surface area (Å²) >= 11 is 1.15. The molecule has 138 valence electrons. The lowest BCUT2D eigenvalue weighted by Crippen LogP contribution is -2.24. The molecule has 2 amide bonds. The summed E-state index contributed by atoms with van der Waals surface area (Å²) in [7, 11) is 1.58. The van der Waals surface area contributed by atoms with Gasteiger partial charge >= 0.3 is 0 Å². The number of ether oxygens (including phenoxy) is 1. The van der Waals surface area contributed by atoms with Crippen molar-refractivity contribution < 1.29 is 14.3 Å². The molecule has 7 nitrogen and oxygen atoms in total. The average molecular weight is 382 g/mol. The first-order chi connectivity index (χ1) is 13.1. The predicted molar refractivity (Wildman–Crippen MR) is 103 cm³/mol. The number of rotatable bonds is 7. The van der Waals surface area contributed by atoms with E-state index >= 15 is 0 Å². The molecule has 0 bridgehead atoms. The van der Waals surface area contributed by atoms with Gasteiger partial charge in [-0.1, -0.05) is 41.7 Å². The van der Waals surface area contributed by atoms with Gasteiger partial charge in [-0.15, -0.1) is 10.2 Å². The van der Waals surface area contributed by atoms with Gasteiger partial charge < -0.3 is 15.4 Å². The molecule has 3 aromatic rings. The standard InChI is InChI=1S/C19H18N4O3S/c1-26-15-9-5-6-13(10-15)11-16(24)20-12-17-22-23-19(27-17)18(25)21-14-7-3-2-4-8-14/h2-10H,11-12H2,1H3,(H,20,24)(H,21,25). The number of hydrogen-bond donors (Lipinski definition) is 2. The van der Waals surface area contributed by atoms with Crippen LogP contribution in [0.1, 0.15) is 20.4 Å². The van der Waals surface area contributed by atoms with Crippen LogP contribution in [0.15, 0.2) is 54.6 Å². The van der Waals surface area contributed by atoms with Gasteiger partial charge in [0.05, 0.1) is 20.1 Å². The maximum absolute atomic E-state index is 12.2. The third-order valence-electron chi connectivity index (χ3n) is 3.63. The maximum atomic E-state index is 12.2. The van der Waals surface area contributed by atoms with E-state index in [0.29, 0.717) is 16.4 Å². The topological polar surface area (TPSA) is 93.2 Å². The number of nitrogens with one attached hydrogen (secondary N) is 2. The summed E-state index contributed by atoms with van der Waals surface area (Å²) in [5.74, 6) is 0.236. The fraction of sp³-hybridized carbons (Fsp3) is 0.158. The number of hydrogen-bond acceptors (Lipinski definition) is 6. The highest BCUT2D eigenvalue weighted by atomic mass is 32.1. The molecule has 27 heavy (non-hydrogen) atoms. The lowest BCUT2D eigenvalue weighted by atomic mass is 10.1. The zero-order chi connectivity index (χ0) is 19.1. The summed E-state index contributed by atoms with van der Waals surface area (Å²) in [6.07, 6.45) is 0.233. The predicted octanol–water partition coefficient (Wildman–Crippen LogP) is 2.66. The van der Waals surface area contributed by atoms with Crippen LogP contribution in [0.3, 0.4) is 0 Å². The summed E-state index contributed by atoms with van der Waals surface area (Å²) in [5, 5.41) is 14.2. The second-order valence-electron chi connectivity index (χ2n) is 5.63. The molecule has 0 aliphatic rings. The Morgan fingerprint density at radius 1 is 1.07 bits per heavy atom. The summed E-state index contributed by atoms with van der Waals surface area (Å²) in [6, 6.07) is 16.5. The third kappa shape index (κ3) is 5.35. The van der Waals surface area contributed by atoms with E-state index in [4.69, 9.17) is 4.74 Å².